The second-order valence-corrected chi connectivity index (χ2v) is 12.0. The molecule has 3 aromatic heterocycles. The maximum Gasteiger partial charge on any atom is 0.434 e. The van der Waals surface area contributed by atoms with Crippen LogP contribution in [-0.2, 0) is 17.6 Å². The SMILES string of the molecule is O=C(O)c1cnn(-c2cccc(-c3sccc3COc3ccc(C4CCN(C(=O)C5CC5)CC4)cc3Cl)n2)c1C(F)(F)F. The van der Waals surface area contributed by atoms with Gasteiger partial charge in [-0.2, -0.15) is 18.3 Å². The van der Waals surface area contributed by atoms with Crippen LogP contribution < -0.4 is 4.74 Å². The lowest BCUT2D eigenvalue weighted by molar-refractivity contribution is -0.143. The van der Waals surface area contributed by atoms with E-state index in [0.717, 1.165) is 49.9 Å². The fraction of sp³-hybridized carbons (Fsp3) is 0.333. The van der Waals surface area contributed by atoms with Gasteiger partial charge < -0.3 is 14.7 Å². The first-order chi connectivity index (χ1) is 20.6. The molecule has 1 amide bonds. The van der Waals surface area contributed by atoms with Crippen molar-refractivity contribution in [3.05, 3.63) is 81.4 Å². The van der Waals surface area contributed by atoms with E-state index in [1.807, 2.05) is 34.5 Å². The normalized spacial score (nSPS) is 16.0. The van der Waals surface area contributed by atoms with E-state index in [2.05, 4.69) is 10.1 Å². The van der Waals surface area contributed by atoms with Gasteiger partial charge in [0, 0.05) is 24.6 Å². The number of likely N-dealkylation sites (tertiary alicyclic amines) is 1. The third kappa shape index (κ3) is 6.12. The largest absolute Gasteiger partial charge is 0.487 e. The number of hydrogen-bond donors (Lipinski definition) is 1. The van der Waals surface area contributed by atoms with E-state index >= 15 is 0 Å². The van der Waals surface area contributed by atoms with E-state index in [4.69, 9.17) is 16.3 Å². The zero-order valence-corrected chi connectivity index (χ0v) is 24.3. The Labute approximate surface area is 253 Å². The van der Waals surface area contributed by atoms with E-state index in [1.54, 1.807) is 6.07 Å². The lowest BCUT2D eigenvalue weighted by Gasteiger charge is -2.32. The van der Waals surface area contributed by atoms with Gasteiger partial charge in [0.1, 0.15) is 17.9 Å². The monoisotopic (exact) mass is 630 g/mol. The Balaban J connectivity index is 1.15. The average molecular weight is 631 g/mol. The summed E-state index contributed by atoms with van der Waals surface area (Å²) in [4.78, 5) is 30.8. The molecule has 4 aromatic rings. The number of nitrogens with zero attached hydrogens (tertiary/aromatic N) is 4. The Kier molecular flexibility index (Phi) is 7.91. The van der Waals surface area contributed by atoms with Crippen molar-refractivity contribution >= 4 is 34.8 Å². The number of pyridine rings is 1. The number of piperidine rings is 1. The number of benzene rings is 1. The van der Waals surface area contributed by atoms with Crippen LogP contribution in [0.5, 0.6) is 5.75 Å². The topological polar surface area (TPSA) is 97.5 Å². The zero-order chi connectivity index (χ0) is 30.3. The number of halogens is 4. The maximum absolute atomic E-state index is 13.7. The summed E-state index contributed by atoms with van der Waals surface area (Å²) >= 11 is 7.94. The summed E-state index contributed by atoms with van der Waals surface area (Å²) in [6, 6.07) is 12.1. The van der Waals surface area contributed by atoms with Crippen molar-refractivity contribution in [2.24, 2.45) is 5.92 Å². The quantitative estimate of drug-likeness (QED) is 0.224. The molecule has 0 spiro atoms. The number of carbonyl (C=O) groups excluding carboxylic acids is 1. The van der Waals surface area contributed by atoms with Crippen LogP contribution in [0.3, 0.4) is 0 Å². The molecule has 2 aliphatic rings. The standard InChI is InChI=1S/C30H26ClF3N4O4S/c31-22-14-19(17-8-11-37(12-9-17)28(39)18-4-5-18)6-7-24(22)42-16-20-10-13-43-26(20)23-2-1-3-25(36-23)38-27(30(32,33)34)21(15-35-38)29(40)41/h1-3,6-7,10,13-15,17-18H,4-5,8-9,11-12,16H2,(H,40,41). The van der Waals surface area contributed by atoms with E-state index in [9.17, 15) is 27.9 Å². The molecule has 0 bridgehead atoms. The highest BCUT2D eigenvalue weighted by atomic mass is 35.5. The molecule has 1 aliphatic heterocycles. The molecular weight excluding hydrogens is 605 g/mol. The predicted molar refractivity (Wildman–Crippen MR) is 154 cm³/mol. The molecule has 43 heavy (non-hydrogen) atoms. The van der Waals surface area contributed by atoms with Crippen molar-refractivity contribution in [3.63, 3.8) is 0 Å². The first-order valence-electron chi connectivity index (χ1n) is 13.7. The van der Waals surface area contributed by atoms with Gasteiger partial charge in [0.2, 0.25) is 5.91 Å². The van der Waals surface area contributed by atoms with Crippen LogP contribution in [-0.4, -0.2) is 49.7 Å². The second-order valence-electron chi connectivity index (χ2n) is 10.6. The highest BCUT2D eigenvalue weighted by Gasteiger charge is 2.41. The van der Waals surface area contributed by atoms with E-state index in [0.29, 0.717) is 38.1 Å². The molecule has 224 valence electrons. The molecule has 1 aromatic carbocycles. The van der Waals surface area contributed by atoms with Gasteiger partial charge in [0.25, 0.3) is 0 Å². The third-order valence-electron chi connectivity index (χ3n) is 7.74. The van der Waals surface area contributed by atoms with Gasteiger partial charge in [-0.25, -0.2) is 14.5 Å². The Morgan fingerprint density at radius 1 is 1.09 bits per heavy atom. The number of hydrogen-bond acceptors (Lipinski definition) is 6. The smallest absolute Gasteiger partial charge is 0.434 e. The Hall–Kier alpha value is -3.90. The van der Waals surface area contributed by atoms with Gasteiger partial charge in [-0.3, -0.25) is 4.79 Å². The Morgan fingerprint density at radius 2 is 1.86 bits per heavy atom. The molecule has 1 saturated carbocycles. The van der Waals surface area contributed by atoms with Crippen LogP contribution in [0, 0.1) is 5.92 Å². The number of alkyl halides is 3. The van der Waals surface area contributed by atoms with Crippen LogP contribution in [0.2, 0.25) is 5.02 Å². The number of carboxylic acid groups (broad SMARTS) is 1. The number of ether oxygens (including phenoxy) is 1. The maximum atomic E-state index is 13.7. The molecule has 0 atom stereocenters. The van der Waals surface area contributed by atoms with E-state index < -0.39 is 23.4 Å². The number of carbonyl (C=O) groups is 2. The van der Waals surface area contributed by atoms with Gasteiger partial charge in [-0.15, -0.1) is 11.3 Å². The van der Waals surface area contributed by atoms with Crippen LogP contribution in [0.1, 0.15) is 58.8 Å². The minimum absolute atomic E-state index is 0.143. The minimum atomic E-state index is -4.95. The summed E-state index contributed by atoms with van der Waals surface area (Å²) in [5.74, 6) is -0.566. The first-order valence-corrected chi connectivity index (χ1v) is 15.0. The summed E-state index contributed by atoms with van der Waals surface area (Å²) in [5, 5.41) is 15.2. The average Bonchev–Trinajstić information content (AvgIpc) is 3.54. The summed E-state index contributed by atoms with van der Waals surface area (Å²) < 4.78 is 47.7. The number of rotatable bonds is 8. The summed E-state index contributed by atoms with van der Waals surface area (Å²) in [6.07, 6.45) is -0.493. The van der Waals surface area contributed by atoms with E-state index in [1.165, 1.54) is 23.5 Å². The molecule has 0 unspecified atom stereocenters. The van der Waals surface area contributed by atoms with E-state index in [-0.39, 0.29) is 24.2 Å². The molecule has 1 saturated heterocycles. The molecule has 1 N–H and O–H groups in total. The number of aromatic nitrogens is 3. The van der Waals surface area contributed by atoms with Gasteiger partial charge in [0.05, 0.1) is 21.8 Å². The Bertz CT molecular complexity index is 1680. The number of amides is 1. The highest BCUT2D eigenvalue weighted by Crippen LogP contribution is 2.38. The van der Waals surface area contributed by atoms with Crippen LogP contribution >= 0.6 is 22.9 Å². The van der Waals surface area contributed by atoms with Crippen LogP contribution in [0.15, 0.2) is 54.0 Å². The van der Waals surface area contributed by atoms with Crippen molar-refractivity contribution in [2.45, 2.75) is 44.4 Å². The molecule has 2 fully saturated rings. The lowest BCUT2D eigenvalue weighted by Crippen LogP contribution is -2.38. The van der Waals surface area contributed by atoms with Crippen molar-refractivity contribution in [2.75, 3.05) is 13.1 Å². The highest BCUT2D eigenvalue weighted by molar-refractivity contribution is 7.13. The number of aromatic carboxylic acids is 1. The molecule has 0 radical (unpaired) electrons. The van der Waals surface area contributed by atoms with Crippen LogP contribution in [0.4, 0.5) is 13.2 Å². The fourth-order valence-electron chi connectivity index (χ4n) is 5.36. The van der Waals surface area contributed by atoms with Crippen molar-refractivity contribution in [3.8, 4) is 22.1 Å². The summed E-state index contributed by atoms with van der Waals surface area (Å²) in [7, 11) is 0. The fourth-order valence-corrected chi connectivity index (χ4v) is 6.48. The second kappa shape index (κ2) is 11.6. The predicted octanol–water partition coefficient (Wildman–Crippen LogP) is 7.06. The molecular formula is C30H26ClF3N4O4S. The molecule has 4 heterocycles. The van der Waals surface area contributed by atoms with Gasteiger partial charge in [-0.1, -0.05) is 23.7 Å². The van der Waals surface area contributed by atoms with Crippen molar-refractivity contribution in [1.82, 2.24) is 19.7 Å². The Morgan fingerprint density at radius 3 is 2.53 bits per heavy atom. The third-order valence-corrected chi connectivity index (χ3v) is 9.02. The number of carboxylic acids is 1. The van der Waals surface area contributed by atoms with Crippen LogP contribution in [0.25, 0.3) is 16.4 Å². The summed E-state index contributed by atoms with van der Waals surface area (Å²) in [6.45, 7) is 1.65. The zero-order valence-electron chi connectivity index (χ0n) is 22.7. The van der Waals surface area contributed by atoms with Crippen molar-refractivity contribution < 1.29 is 32.6 Å². The lowest BCUT2D eigenvalue weighted by atomic mass is 9.89. The number of thiophene rings is 1. The summed E-state index contributed by atoms with van der Waals surface area (Å²) in [5.41, 5.74) is -0.113. The molecule has 13 heteroatoms. The molecule has 1 aliphatic carbocycles. The first kappa shape index (κ1) is 29.2. The van der Waals surface area contributed by atoms with Gasteiger partial charge in [0.15, 0.2) is 11.5 Å². The molecule has 6 rings (SSSR count). The molecule has 8 nitrogen and oxygen atoms in total. The van der Waals surface area contributed by atoms with Crippen molar-refractivity contribution in [1.29, 1.82) is 0 Å². The van der Waals surface area contributed by atoms with Gasteiger partial charge >= 0.3 is 12.1 Å². The minimum Gasteiger partial charge on any atom is -0.487 e. The van der Waals surface area contributed by atoms with Gasteiger partial charge in [-0.05, 0) is 72.9 Å².